The fourth-order valence-electron chi connectivity index (χ4n) is 2.41. The molecule has 2 aromatic carbocycles. The van der Waals surface area contributed by atoms with Crippen LogP contribution in [-0.2, 0) is 4.79 Å². The number of aromatic hydroxyl groups is 1. The number of nitrogens with zero attached hydrogens (tertiary/aromatic N) is 2. The van der Waals surface area contributed by atoms with Crippen molar-refractivity contribution in [3.05, 3.63) is 67.0 Å². The number of carbonyl (C=O) groups is 1. The summed E-state index contributed by atoms with van der Waals surface area (Å²) < 4.78 is 0. The van der Waals surface area contributed by atoms with E-state index in [0.29, 0.717) is 12.1 Å². The lowest BCUT2D eigenvalue weighted by Crippen LogP contribution is -2.24. The van der Waals surface area contributed by atoms with Crippen LogP contribution in [0.15, 0.2) is 72.0 Å². The number of aromatic nitrogens is 2. The summed E-state index contributed by atoms with van der Waals surface area (Å²) in [5.41, 5.74) is 2.50. The van der Waals surface area contributed by atoms with Crippen LogP contribution in [-0.4, -0.2) is 26.2 Å². The number of hydrogen-bond donors (Lipinski definition) is 2. The van der Waals surface area contributed by atoms with Crippen LogP contribution in [0.4, 0.5) is 5.69 Å². The van der Waals surface area contributed by atoms with E-state index in [-0.39, 0.29) is 16.9 Å². The number of hydrogen-bond acceptors (Lipinski definition) is 5. The fourth-order valence-corrected chi connectivity index (χ4v) is 3.32. The molecule has 26 heavy (non-hydrogen) atoms. The maximum atomic E-state index is 12.6. The summed E-state index contributed by atoms with van der Waals surface area (Å²) in [6, 6.07) is 18.2. The summed E-state index contributed by atoms with van der Waals surface area (Å²) >= 11 is 1.42. The molecule has 2 N–H and O–H groups in total. The SMILES string of the molecule is CCC(Sc1cc(-c2ccccc2)ncn1)C(=O)Nc1ccc(O)cc1. The number of phenolic OH excluding ortho intramolecular Hbond substituents is 1. The average molecular weight is 365 g/mol. The topological polar surface area (TPSA) is 75.1 Å². The van der Waals surface area contributed by atoms with Crippen LogP contribution in [0.3, 0.4) is 0 Å². The Bertz CT molecular complexity index is 870. The third kappa shape index (κ3) is 4.61. The Balaban J connectivity index is 1.71. The minimum absolute atomic E-state index is 0.0944. The molecule has 3 aromatic rings. The van der Waals surface area contributed by atoms with Gasteiger partial charge in [-0.15, -0.1) is 0 Å². The Labute approximate surface area is 156 Å². The first kappa shape index (κ1) is 17.9. The molecule has 0 spiro atoms. The van der Waals surface area contributed by atoms with Crippen molar-refractivity contribution in [3.8, 4) is 17.0 Å². The van der Waals surface area contributed by atoms with Gasteiger partial charge in [-0.2, -0.15) is 0 Å². The molecule has 1 unspecified atom stereocenters. The van der Waals surface area contributed by atoms with E-state index >= 15 is 0 Å². The van der Waals surface area contributed by atoms with Crippen molar-refractivity contribution >= 4 is 23.4 Å². The van der Waals surface area contributed by atoms with Crippen molar-refractivity contribution in [2.24, 2.45) is 0 Å². The second-order valence-electron chi connectivity index (χ2n) is 5.66. The smallest absolute Gasteiger partial charge is 0.237 e. The third-order valence-corrected chi connectivity index (χ3v) is 5.07. The zero-order chi connectivity index (χ0) is 18.4. The van der Waals surface area contributed by atoms with Gasteiger partial charge in [-0.25, -0.2) is 9.97 Å². The van der Waals surface area contributed by atoms with Crippen LogP contribution in [0, 0.1) is 0 Å². The van der Waals surface area contributed by atoms with Crippen LogP contribution in [0.1, 0.15) is 13.3 Å². The third-order valence-electron chi connectivity index (χ3n) is 3.77. The van der Waals surface area contributed by atoms with Gasteiger partial charge in [0.2, 0.25) is 5.91 Å². The maximum absolute atomic E-state index is 12.6. The fraction of sp³-hybridized carbons (Fsp3) is 0.150. The first-order valence-corrected chi connectivity index (χ1v) is 9.17. The highest BCUT2D eigenvalue weighted by molar-refractivity contribution is 8.00. The van der Waals surface area contributed by atoms with Gasteiger partial charge in [0.1, 0.15) is 17.1 Å². The molecule has 1 atom stereocenters. The second kappa shape index (κ2) is 8.49. The van der Waals surface area contributed by atoms with Gasteiger partial charge < -0.3 is 10.4 Å². The molecule has 0 fully saturated rings. The molecule has 6 heteroatoms. The lowest BCUT2D eigenvalue weighted by atomic mass is 10.1. The van der Waals surface area contributed by atoms with Crippen molar-refractivity contribution in [2.45, 2.75) is 23.6 Å². The first-order chi connectivity index (χ1) is 12.7. The van der Waals surface area contributed by atoms with Gasteiger partial charge in [0.25, 0.3) is 0 Å². The Kier molecular flexibility index (Phi) is 5.86. The summed E-state index contributed by atoms with van der Waals surface area (Å²) in [5, 5.41) is 12.7. The van der Waals surface area contributed by atoms with E-state index in [1.165, 1.54) is 18.1 Å². The highest BCUT2D eigenvalue weighted by atomic mass is 32.2. The molecule has 1 heterocycles. The maximum Gasteiger partial charge on any atom is 0.237 e. The van der Waals surface area contributed by atoms with E-state index in [9.17, 15) is 9.90 Å². The number of phenols is 1. The van der Waals surface area contributed by atoms with Crippen molar-refractivity contribution in [2.75, 3.05) is 5.32 Å². The molecule has 0 saturated heterocycles. The van der Waals surface area contributed by atoms with Crippen molar-refractivity contribution in [1.29, 1.82) is 0 Å². The van der Waals surface area contributed by atoms with E-state index < -0.39 is 0 Å². The standard InChI is InChI=1S/C20H19N3O2S/c1-2-18(20(25)23-15-8-10-16(24)11-9-15)26-19-12-17(21-13-22-19)14-6-4-3-5-7-14/h3-13,18,24H,2H2,1H3,(H,23,25). The zero-order valence-electron chi connectivity index (χ0n) is 14.3. The molecule has 0 radical (unpaired) electrons. The van der Waals surface area contributed by atoms with Crippen molar-refractivity contribution in [3.63, 3.8) is 0 Å². The highest BCUT2D eigenvalue weighted by Gasteiger charge is 2.19. The Morgan fingerprint density at radius 3 is 2.54 bits per heavy atom. The van der Waals surface area contributed by atoms with Gasteiger partial charge >= 0.3 is 0 Å². The number of rotatable bonds is 6. The largest absolute Gasteiger partial charge is 0.508 e. The summed E-state index contributed by atoms with van der Waals surface area (Å²) in [4.78, 5) is 21.2. The van der Waals surface area contributed by atoms with E-state index in [1.54, 1.807) is 24.3 Å². The van der Waals surface area contributed by atoms with Crippen LogP contribution in [0.25, 0.3) is 11.3 Å². The molecule has 0 saturated carbocycles. The molecule has 0 aliphatic rings. The van der Waals surface area contributed by atoms with Crippen LogP contribution in [0.5, 0.6) is 5.75 Å². The van der Waals surface area contributed by atoms with Crippen LogP contribution < -0.4 is 5.32 Å². The number of carbonyl (C=O) groups excluding carboxylic acids is 1. The van der Waals surface area contributed by atoms with E-state index in [0.717, 1.165) is 16.3 Å². The van der Waals surface area contributed by atoms with Crippen molar-refractivity contribution < 1.29 is 9.90 Å². The van der Waals surface area contributed by atoms with Gasteiger partial charge in [0, 0.05) is 11.3 Å². The molecule has 0 bridgehead atoms. The average Bonchev–Trinajstić information content (AvgIpc) is 2.68. The molecule has 132 valence electrons. The number of thioether (sulfide) groups is 1. The Hall–Kier alpha value is -2.86. The van der Waals surface area contributed by atoms with E-state index in [2.05, 4.69) is 15.3 Å². The number of anilines is 1. The summed E-state index contributed by atoms with van der Waals surface area (Å²) in [5.74, 6) is 0.0712. The molecule has 5 nitrogen and oxygen atoms in total. The van der Waals surface area contributed by atoms with Gasteiger partial charge in [-0.1, -0.05) is 49.0 Å². The Morgan fingerprint density at radius 2 is 1.85 bits per heavy atom. The molecular weight excluding hydrogens is 346 g/mol. The Morgan fingerprint density at radius 1 is 1.12 bits per heavy atom. The van der Waals surface area contributed by atoms with Gasteiger partial charge in [0.15, 0.2) is 0 Å². The molecular formula is C20H19N3O2S. The minimum Gasteiger partial charge on any atom is -0.508 e. The number of benzene rings is 2. The lowest BCUT2D eigenvalue weighted by Gasteiger charge is -2.14. The predicted molar refractivity (Wildman–Crippen MR) is 104 cm³/mol. The van der Waals surface area contributed by atoms with Gasteiger partial charge in [0.05, 0.1) is 10.9 Å². The zero-order valence-corrected chi connectivity index (χ0v) is 15.1. The molecule has 3 rings (SSSR count). The quantitative estimate of drug-likeness (QED) is 0.386. The second-order valence-corrected chi connectivity index (χ2v) is 6.88. The van der Waals surface area contributed by atoms with Gasteiger partial charge in [-0.05, 0) is 36.8 Å². The minimum atomic E-state index is -0.276. The molecule has 1 aromatic heterocycles. The molecule has 1 amide bonds. The van der Waals surface area contributed by atoms with Crippen LogP contribution in [0.2, 0.25) is 0 Å². The van der Waals surface area contributed by atoms with E-state index in [4.69, 9.17) is 0 Å². The number of amides is 1. The molecule has 0 aliphatic heterocycles. The van der Waals surface area contributed by atoms with Crippen LogP contribution >= 0.6 is 11.8 Å². The monoisotopic (exact) mass is 365 g/mol. The van der Waals surface area contributed by atoms with Crippen molar-refractivity contribution in [1.82, 2.24) is 9.97 Å². The van der Waals surface area contributed by atoms with Gasteiger partial charge in [-0.3, -0.25) is 4.79 Å². The summed E-state index contributed by atoms with van der Waals surface area (Å²) in [7, 11) is 0. The highest BCUT2D eigenvalue weighted by Crippen LogP contribution is 2.27. The lowest BCUT2D eigenvalue weighted by molar-refractivity contribution is -0.115. The summed E-state index contributed by atoms with van der Waals surface area (Å²) in [6.45, 7) is 1.97. The normalized spacial score (nSPS) is 11.7. The first-order valence-electron chi connectivity index (χ1n) is 8.29. The van der Waals surface area contributed by atoms with E-state index in [1.807, 2.05) is 43.3 Å². The predicted octanol–water partition coefficient (Wildman–Crippen LogP) is 4.36. The molecule has 0 aliphatic carbocycles. The summed E-state index contributed by atoms with van der Waals surface area (Å²) in [6.07, 6.45) is 2.19. The number of nitrogens with one attached hydrogen (secondary N) is 1.